The molecule has 4 heteroatoms. The van der Waals surface area contributed by atoms with Crippen LogP contribution in [0.3, 0.4) is 0 Å². The molecule has 0 unspecified atom stereocenters. The van der Waals surface area contributed by atoms with E-state index in [1.165, 1.54) is 9.75 Å². The maximum atomic E-state index is 11.4. The third-order valence-electron chi connectivity index (χ3n) is 3.00. The van der Waals surface area contributed by atoms with Crippen molar-refractivity contribution in [2.45, 2.75) is 33.2 Å². The van der Waals surface area contributed by atoms with E-state index in [9.17, 15) is 4.79 Å². The average molecular weight is 288 g/mol. The van der Waals surface area contributed by atoms with Crippen LogP contribution in [0, 0.1) is 0 Å². The summed E-state index contributed by atoms with van der Waals surface area (Å²) in [6, 6.07) is 12.2. The van der Waals surface area contributed by atoms with Gasteiger partial charge in [-0.3, -0.25) is 4.79 Å². The third-order valence-corrected chi connectivity index (χ3v) is 4.23. The van der Waals surface area contributed by atoms with E-state index in [-0.39, 0.29) is 5.91 Å². The Kier molecular flexibility index (Phi) is 5.18. The summed E-state index contributed by atoms with van der Waals surface area (Å²) in [5.74, 6) is 0.0352. The number of nitrogens with one attached hydrogen (secondary N) is 2. The van der Waals surface area contributed by atoms with E-state index < -0.39 is 0 Å². The molecule has 1 heterocycles. The maximum Gasteiger partial charge on any atom is 0.224 e. The number of aryl methyl sites for hydroxylation is 1. The van der Waals surface area contributed by atoms with Crippen molar-refractivity contribution >= 4 is 28.6 Å². The van der Waals surface area contributed by atoms with Gasteiger partial charge in [-0.15, -0.1) is 11.3 Å². The van der Waals surface area contributed by atoms with Crippen molar-refractivity contribution in [2.24, 2.45) is 0 Å². The molecular formula is C16H20N2OS. The summed E-state index contributed by atoms with van der Waals surface area (Å²) < 4.78 is 0. The molecule has 1 aromatic heterocycles. The fraction of sp³-hybridized carbons (Fsp3) is 0.312. The van der Waals surface area contributed by atoms with Gasteiger partial charge in [0.15, 0.2) is 0 Å². The lowest BCUT2D eigenvalue weighted by Gasteiger charge is -2.08. The molecule has 0 saturated carbocycles. The summed E-state index contributed by atoms with van der Waals surface area (Å²) in [5, 5.41) is 6.26. The Bertz CT molecular complexity index is 577. The van der Waals surface area contributed by atoms with E-state index in [2.05, 4.69) is 29.7 Å². The fourth-order valence-corrected chi connectivity index (χ4v) is 2.75. The molecule has 0 atom stereocenters. The second-order valence-corrected chi connectivity index (χ2v) is 5.81. The highest BCUT2D eigenvalue weighted by atomic mass is 32.1. The van der Waals surface area contributed by atoms with Gasteiger partial charge in [-0.05, 0) is 36.8 Å². The highest BCUT2D eigenvalue weighted by molar-refractivity contribution is 7.12. The molecule has 1 aromatic carbocycles. The molecule has 2 aromatic rings. The molecule has 0 aliphatic heterocycles. The maximum absolute atomic E-state index is 11.4. The summed E-state index contributed by atoms with van der Waals surface area (Å²) in [4.78, 5) is 14.1. The van der Waals surface area contributed by atoms with Crippen molar-refractivity contribution in [1.29, 1.82) is 0 Å². The van der Waals surface area contributed by atoms with Crippen LogP contribution in [-0.4, -0.2) is 5.91 Å². The Morgan fingerprint density at radius 1 is 1.10 bits per heavy atom. The normalized spacial score (nSPS) is 10.3. The largest absolute Gasteiger partial charge is 0.380 e. The van der Waals surface area contributed by atoms with Crippen LogP contribution in [0.15, 0.2) is 36.4 Å². The lowest BCUT2D eigenvalue weighted by Crippen LogP contribution is -2.09. The second-order valence-electron chi connectivity index (χ2n) is 4.56. The van der Waals surface area contributed by atoms with Crippen LogP contribution in [0.2, 0.25) is 0 Å². The van der Waals surface area contributed by atoms with Gasteiger partial charge in [0, 0.05) is 34.1 Å². The van der Waals surface area contributed by atoms with Gasteiger partial charge in [0.25, 0.3) is 0 Å². The molecule has 0 radical (unpaired) electrons. The highest BCUT2D eigenvalue weighted by Gasteiger charge is 2.01. The van der Waals surface area contributed by atoms with Crippen molar-refractivity contribution in [2.75, 3.05) is 10.6 Å². The topological polar surface area (TPSA) is 41.1 Å². The molecule has 0 bridgehead atoms. The first-order chi connectivity index (χ1) is 9.71. The molecule has 2 N–H and O–H groups in total. The van der Waals surface area contributed by atoms with Crippen molar-refractivity contribution in [1.82, 2.24) is 0 Å². The second kappa shape index (κ2) is 7.10. The first-order valence-electron chi connectivity index (χ1n) is 6.92. The van der Waals surface area contributed by atoms with Gasteiger partial charge in [0.1, 0.15) is 0 Å². The van der Waals surface area contributed by atoms with E-state index in [0.717, 1.165) is 24.3 Å². The molecule has 1 amide bonds. The molecule has 2 rings (SSSR count). The minimum Gasteiger partial charge on any atom is -0.380 e. The zero-order valence-corrected chi connectivity index (χ0v) is 12.7. The number of thiophene rings is 1. The summed E-state index contributed by atoms with van der Waals surface area (Å²) >= 11 is 1.84. The lowest BCUT2D eigenvalue weighted by atomic mass is 10.2. The summed E-state index contributed by atoms with van der Waals surface area (Å²) in [7, 11) is 0. The summed E-state index contributed by atoms with van der Waals surface area (Å²) in [6.07, 6.45) is 1.58. The number of carbonyl (C=O) groups excluding carboxylic acids is 1. The van der Waals surface area contributed by atoms with Gasteiger partial charge >= 0.3 is 0 Å². The van der Waals surface area contributed by atoms with E-state index >= 15 is 0 Å². The molecule has 0 saturated heterocycles. The molecule has 0 fully saturated rings. The molecule has 3 nitrogen and oxygen atoms in total. The molecular weight excluding hydrogens is 268 g/mol. The molecule has 0 spiro atoms. The van der Waals surface area contributed by atoms with Crippen LogP contribution in [-0.2, 0) is 17.8 Å². The zero-order valence-electron chi connectivity index (χ0n) is 11.9. The van der Waals surface area contributed by atoms with E-state index in [1.54, 1.807) is 0 Å². The zero-order chi connectivity index (χ0) is 14.4. The summed E-state index contributed by atoms with van der Waals surface area (Å²) in [5.41, 5.74) is 1.85. The minimum atomic E-state index is 0.0352. The van der Waals surface area contributed by atoms with E-state index in [1.807, 2.05) is 42.5 Å². The van der Waals surface area contributed by atoms with Gasteiger partial charge in [-0.2, -0.15) is 0 Å². The number of hydrogen-bond acceptors (Lipinski definition) is 3. The molecule has 20 heavy (non-hydrogen) atoms. The third kappa shape index (κ3) is 4.10. The van der Waals surface area contributed by atoms with Crippen molar-refractivity contribution in [3.8, 4) is 0 Å². The number of benzene rings is 1. The standard InChI is InChI=1S/C16H20N2OS/c1-3-14-8-9-15(20-14)11-17-12-6-5-7-13(10-12)18-16(19)4-2/h5-10,17H,3-4,11H2,1-2H3,(H,18,19). The molecule has 0 aliphatic carbocycles. The summed E-state index contributed by atoms with van der Waals surface area (Å²) in [6.45, 7) is 4.83. The van der Waals surface area contributed by atoms with Crippen LogP contribution >= 0.6 is 11.3 Å². The number of anilines is 2. The van der Waals surface area contributed by atoms with Crippen molar-refractivity contribution < 1.29 is 4.79 Å². The highest BCUT2D eigenvalue weighted by Crippen LogP contribution is 2.20. The first kappa shape index (κ1) is 14.6. The van der Waals surface area contributed by atoms with Crippen molar-refractivity contribution in [3.63, 3.8) is 0 Å². The van der Waals surface area contributed by atoms with E-state index in [0.29, 0.717) is 6.42 Å². The Hall–Kier alpha value is -1.81. The van der Waals surface area contributed by atoms with E-state index in [4.69, 9.17) is 0 Å². The van der Waals surface area contributed by atoms with Crippen molar-refractivity contribution in [3.05, 3.63) is 46.2 Å². The number of hydrogen-bond donors (Lipinski definition) is 2. The lowest BCUT2D eigenvalue weighted by molar-refractivity contribution is -0.115. The number of carbonyl (C=O) groups is 1. The smallest absolute Gasteiger partial charge is 0.224 e. The van der Waals surface area contributed by atoms with Gasteiger partial charge in [0.2, 0.25) is 5.91 Å². The van der Waals surface area contributed by atoms with Crippen LogP contribution in [0.25, 0.3) is 0 Å². The van der Waals surface area contributed by atoms with Crippen LogP contribution in [0.1, 0.15) is 30.0 Å². The minimum absolute atomic E-state index is 0.0352. The Labute approximate surface area is 124 Å². The number of amides is 1. The molecule has 0 aliphatic rings. The van der Waals surface area contributed by atoms with Crippen LogP contribution in [0.4, 0.5) is 11.4 Å². The fourth-order valence-electron chi connectivity index (χ4n) is 1.85. The Morgan fingerprint density at radius 3 is 2.55 bits per heavy atom. The van der Waals surface area contributed by atoms with Gasteiger partial charge in [-0.25, -0.2) is 0 Å². The van der Waals surface area contributed by atoms with Gasteiger partial charge in [0.05, 0.1) is 0 Å². The quantitative estimate of drug-likeness (QED) is 0.833. The molecule has 106 valence electrons. The van der Waals surface area contributed by atoms with Crippen LogP contribution in [0.5, 0.6) is 0 Å². The monoisotopic (exact) mass is 288 g/mol. The predicted molar refractivity (Wildman–Crippen MR) is 86.4 cm³/mol. The van der Waals surface area contributed by atoms with Gasteiger partial charge in [-0.1, -0.05) is 19.9 Å². The first-order valence-corrected chi connectivity index (χ1v) is 7.74. The predicted octanol–water partition coefficient (Wildman–Crippen LogP) is 4.27. The number of rotatable bonds is 6. The SMILES string of the molecule is CCC(=O)Nc1cccc(NCc2ccc(CC)s2)c1. The Balaban J connectivity index is 1.95. The Morgan fingerprint density at radius 2 is 1.85 bits per heavy atom. The average Bonchev–Trinajstić information content (AvgIpc) is 2.93. The van der Waals surface area contributed by atoms with Gasteiger partial charge < -0.3 is 10.6 Å². The van der Waals surface area contributed by atoms with Crippen LogP contribution < -0.4 is 10.6 Å².